The van der Waals surface area contributed by atoms with Crippen LogP contribution in [0, 0.1) is 5.41 Å². The summed E-state index contributed by atoms with van der Waals surface area (Å²) in [5.41, 5.74) is 1.56. The Kier molecular flexibility index (Phi) is 4.95. The fourth-order valence-electron chi connectivity index (χ4n) is 1.43. The Labute approximate surface area is 115 Å². The van der Waals surface area contributed by atoms with Crippen LogP contribution in [0.2, 0.25) is 0 Å². The summed E-state index contributed by atoms with van der Waals surface area (Å²) in [6, 6.07) is 7.02. The van der Waals surface area contributed by atoms with Gasteiger partial charge < -0.3 is 15.7 Å². The highest BCUT2D eigenvalue weighted by atomic mass is 16.3. The van der Waals surface area contributed by atoms with E-state index in [1.54, 1.807) is 31.2 Å². The van der Waals surface area contributed by atoms with Crippen LogP contribution in [0.5, 0.6) is 0 Å². The first-order valence-corrected chi connectivity index (χ1v) is 6.55. The molecule has 0 bridgehead atoms. The molecule has 3 N–H and O–H groups in total. The lowest BCUT2D eigenvalue weighted by atomic mass is 9.88. The van der Waals surface area contributed by atoms with E-state index in [1.165, 1.54) is 0 Å². The molecule has 1 aromatic carbocycles. The monoisotopic (exact) mass is 264 g/mol. The Hall–Kier alpha value is -1.55. The minimum atomic E-state index is -0.496. The molecule has 0 heterocycles. The SMILES string of the molecule is CC(O)c1ccc(NC(=O)NC(C)C(C)(C)C)cc1. The van der Waals surface area contributed by atoms with Crippen LogP contribution in [0.4, 0.5) is 10.5 Å². The summed E-state index contributed by atoms with van der Waals surface area (Å²) < 4.78 is 0. The smallest absolute Gasteiger partial charge is 0.319 e. The average molecular weight is 264 g/mol. The summed E-state index contributed by atoms with van der Waals surface area (Å²) in [6.45, 7) is 9.93. The summed E-state index contributed by atoms with van der Waals surface area (Å²) in [5, 5.41) is 15.1. The maximum absolute atomic E-state index is 11.8. The van der Waals surface area contributed by atoms with Crippen LogP contribution in [0.15, 0.2) is 24.3 Å². The van der Waals surface area contributed by atoms with Crippen LogP contribution in [0.3, 0.4) is 0 Å². The van der Waals surface area contributed by atoms with Gasteiger partial charge in [0.25, 0.3) is 0 Å². The molecule has 1 rings (SSSR count). The van der Waals surface area contributed by atoms with E-state index in [0.29, 0.717) is 5.69 Å². The Bertz CT molecular complexity index is 419. The number of hydrogen-bond acceptors (Lipinski definition) is 2. The van der Waals surface area contributed by atoms with Crippen molar-refractivity contribution in [2.45, 2.75) is 46.8 Å². The number of hydrogen-bond donors (Lipinski definition) is 3. The van der Waals surface area contributed by atoms with Gasteiger partial charge in [-0.05, 0) is 37.0 Å². The Balaban J connectivity index is 2.58. The minimum absolute atomic E-state index is 0.0213. The van der Waals surface area contributed by atoms with Crippen molar-refractivity contribution in [3.8, 4) is 0 Å². The Morgan fingerprint density at radius 1 is 1.16 bits per heavy atom. The zero-order valence-corrected chi connectivity index (χ0v) is 12.3. The van der Waals surface area contributed by atoms with Crippen molar-refractivity contribution in [3.63, 3.8) is 0 Å². The summed E-state index contributed by atoms with van der Waals surface area (Å²) >= 11 is 0. The molecule has 0 aliphatic heterocycles. The van der Waals surface area contributed by atoms with Crippen LogP contribution in [0.25, 0.3) is 0 Å². The van der Waals surface area contributed by atoms with E-state index in [-0.39, 0.29) is 17.5 Å². The molecule has 2 amide bonds. The van der Waals surface area contributed by atoms with E-state index >= 15 is 0 Å². The van der Waals surface area contributed by atoms with Gasteiger partial charge in [-0.1, -0.05) is 32.9 Å². The summed E-state index contributed by atoms with van der Waals surface area (Å²) in [4.78, 5) is 11.8. The molecule has 4 nitrogen and oxygen atoms in total. The standard InChI is InChI=1S/C15H24N2O2/c1-10(18)12-6-8-13(9-7-12)17-14(19)16-11(2)15(3,4)5/h6-11,18H,1-5H3,(H2,16,17,19). The van der Waals surface area contributed by atoms with Gasteiger partial charge in [0, 0.05) is 11.7 Å². The summed E-state index contributed by atoms with van der Waals surface area (Å²) in [6.07, 6.45) is -0.496. The molecule has 2 atom stereocenters. The highest BCUT2D eigenvalue weighted by Crippen LogP contribution is 2.19. The number of benzene rings is 1. The van der Waals surface area contributed by atoms with Gasteiger partial charge in [-0.25, -0.2) is 4.79 Å². The number of urea groups is 1. The highest BCUT2D eigenvalue weighted by Gasteiger charge is 2.21. The number of rotatable bonds is 3. The van der Waals surface area contributed by atoms with Gasteiger partial charge in [-0.3, -0.25) is 0 Å². The second kappa shape index (κ2) is 6.06. The largest absolute Gasteiger partial charge is 0.389 e. The van der Waals surface area contributed by atoms with E-state index in [4.69, 9.17) is 0 Å². The van der Waals surface area contributed by atoms with Crippen molar-refractivity contribution in [1.29, 1.82) is 0 Å². The molecule has 1 aromatic rings. The fraction of sp³-hybridized carbons (Fsp3) is 0.533. The summed E-state index contributed by atoms with van der Waals surface area (Å²) in [7, 11) is 0. The third-order valence-electron chi connectivity index (χ3n) is 3.30. The van der Waals surface area contributed by atoms with Gasteiger partial charge >= 0.3 is 6.03 Å². The van der Waals surface area contributed by atoms with Crippen molar-refractivity contribution in [2.24, 2.45) is 5.41 Å². The first-order chi connectivity index (χ1) is 8.70. The van der Waals surface area contributed by atoms with Crippen LogP contribution in [-0.4, -0.2) is 17.2 Å². The van der Waals surface area contributed by atoms with Crippen molar-refractivity contribution in [1.82, 2.24) is 5.32 Å². The quantitative estimate of drug-likeness (QED) is 0.784. The molecule has 0 saturated carbocycles. The molecule has 0 aliphatic rings. The van der Waals surface area contributed by atoms with Crippen LogP contribution >= 0.6 is 0 Å². The van der Waals surface area contributed by atoms with Crippen LogP contribution < -0.4 is 10.6 Å². The predicted molar refractivity (Wildman–Crippen MR) is 78.1 cm³/mol. The topological polar surface area (TPSA) is 61.4 Å². The molecule has 0 radical (unpaired) electrons. The Morgan fingerprint density at radius 2 is 1.68 bits per heavy atom. The van der Waals surface area contributed by atoms with Crippen molar-refractivity contribution < 1.29 is 9.90 Å². The highest BCUT2D eigenvalue weighted by molar-refractivity contribution is 5.89. The maximum atomic E-state index is 11.8. The van der Waals surface area contributed by atoms with Gasteiger partial charge in [-0.15, -0.1) is 0 Å². The molecule has 0 saturated heterocycles. The molecule has 0 aromatic heterocycles. The minimum Gasteiger partial charge on any atom is -0.389 e. The lowest BCUT2D eigenvalue weighted by Crippen LogP contribution is -2.43. The number of amides is 2. The van der Waals surface area contributed by atoms with Gasteiger partial charge in [0.1, 0.15) is 0 Å². The predicted octanol–water partition coefficient (Wildman–Crippen LogP) is 3.30. The lowest BCUT2D eigenvalue weighted by molar-refractivity contribution is 0.199. The number of carbonyl (C=O) groups excluding carboxylic acids is 1. The van der Waals surface area contributed by atoms with E-state index in [2.05, 4.69) is 31.4 Å². The van der Waals surface area contributed by atoms with Crippen LogP contribution in [-0.2, 0) is 0 Å². The normalized spacial score (nSPS) is 14.6. The molecular formula is C15H24N2O2. The lowest BCUT2D eigenvalue weighted by Gasteiger charge is -2.28. The fourth-order valence-corrected chi connectivity index (χ4v) is 1.43. The maximum Gasteiger partial charge on any atom is 0.319 e. The summed E-state index contributed by atoms with van der Waals surface area (Å²) in [5.74, 6) is 0. The van der Waals surface area contributed by atoms with E-state index in [1.807, 2.05) is 6.92 Å². The van der Waals surface area contributed by atoms with E-state index in [0.717, 1.165) is 5.56 Å². The van der Waals surface area contributed by atoms with Gasteiger partial charge in [0.15, 0.2) is 0 Å². The Morgan fingerprint density at radius 3 is 2.11 bits per heavy atom. The molecule has 0 fully saturated rings. The number of anilines is 1. The third kappa shape index (κ3) is 4.91. The third-order valence-corrected chi connectivity index (χ3v) is 3.30. The second-order valence-corrected chi connectivity index (χ2v) is 5.98. The molecular weight excluding hydrogens is 240 g/mol. The zero-order chi connectivity index (χ0) is 14.6. The van der Waals surface area contributed by atoms with E-state index in [9.17, 15) is 9.90 Å². The second-order valence-electron chi connectivity index (χ2n) is 5.98. The first-order valence-electron chi connectivity index (χ1n) is 6.55. The number of carbonyl (C=O) groups is 1. The molecule has 0 spiro atoms. The molecule has 0 aliphatic carbocycles. The first kappa shape index (κ1) is 15.5. The van der Waals surface area contributed by atoms with Gasteiger partial charge in [0.05, 0.1) is 6.10 Å². The molecule has 106 valence electrons. The molecule has 2 unspecified atom stereocenters. The van der Waals surface area contributed by atoms with Crippen LogP contribution in [0.1, 0.15) is 46.3 Å². The van der Waals surface area contributed by atoms with Crippen molar-refractivity contribution in [3.05, 3.63) is 29.8 Å². The molecule has 19 heavy (non-hydrogen) atoms. The van der Waals surface area contributed by atoms with Crippen molar-refractivity contribution >= 4 is 11.7 Å². The zero-order valence-electron chi connectivity index (χ0n) is 12.3. The molecule has 4 heteroatoms. The average Bonchev–Trinajstić information content (AvgIpc) is 2.28. The van der Waals surface area contributed by atoms with Crippen molar-refractivity contribution in [2.75, 3.05) is 5.32 Å². The number of aliphatic hydroxyl groups is 1. The van der Waals surface area contributed by atoms with E-state index < -0.39 is 6.10 Å². The number of aliphatic hydroxyl groups excluding tert-OH is 1. The van der Waals surface area contributed by atoms with Gasteiger partial charge in [-0.2, -0.15) is 0 Å². The number of nitrogens with one attached hydrogen (secondary N) is 2. The van der Waals surface area contributed by atoms with Gasteiger partial charge in [0.2, 0.25) is 0 Å².